The summed E-state index contributed by atoms with van der Waals surface area (Å²) in [6.07, 6.45) is 0.665. The Morgan fingerprint density at radius 1 is 1.14 bits per heavy atom. The van der Waals surface area contributed by atoms with Gasteiger partial charge in [-0.25, -0.2) is 5.43 Å². The van der Waals surface area contributed by atoms with Crippen molar-refractivity contribution in [2.24, 2.45) is 5.10 Å². The van der Waals surface area contributed by atoms with E-state index in [-0.39, 0.29) is 5.91 Å². The first-order chi connectivity index (χ1) is 10.2. The zero-order chi connectivity index (χ0) is 14.7. The number of para-hydroxylation sites is 1. The van der Waals surface area contributed by atoms with Crippen molar-refractivity contribution in [1.29, 1.82) is 0 Å². The molecule has 0 atom stereocenters. The number of hydrogen-bond acceptors (Lipinski definition) is 3. The Hall–Kier alpha value is -2.33. The van der Waals surface area contributed by atoms with Gasteiger partial charge in [0.1, 0.15) is 5.75 Å². The Kier molecular flexibility index (Phi) is 3.88. The van der Waals surface area contributed by atoms with Crippen molar-refractivity contribution in [1.82, 2.24) is 5.43 Å². The largest absolute Gasteiger partial charge is 0.492 e. The van der Waals surface area contributed by atoms with Crippen molar-refractivity contribution in [3.05, 3.63) is 64.7 Å². The number of carbonyl (C=O) groups excluding carboxylic acids is 1. The maximum absolute atomic E-state index is 12.0. The van der Waals surface area contributed by atoms with Gasteiger partial charge in [-0.1, -0.05) is 23.7 Å². The maximum atomic E-state index is 12.0. The molecule has 4 nitrogen and oxygen atoms in total. The van der Waals surface area contributed by atoms with Gasteiger partial charge in [0, 0.05) is 22.6 Å². The number of hydrogen-bond donors (Lipinski definition) is 1. The third-order valence-corrected chi connectivity index (χ3v) is 3.45. The van der Waals surface area contributed by atoms with E-state index in [2.05, 4.69) is 10.5 Å². The number of nitrogens with one attached hydrogen (secondary N) is 1. The van der Waals surface area contributed by atoms with Gasteiger partial charge >= 0.3 is 0 Å². The number of benzene rings is 2. The van der Waals surface area contributed by atoms with Gasteiger partial charge < -0.3 is 4.74 Å². The summed E-state index contributed by atoms with van der Waals surface area (Å²) in [7, 11) is 0. The van der Waals surface area contributed by atoms with E-state index in [4.69, 9.17) is 16.3 Å². The molecule has 0 aliphatic carbocycles. The Balaban J connectivity index is 1.78. The monoisotopic (exact) mass is 300 g/mol. The average Bonchev–Trinajstić information content (AvgIpc) is 2.53. The molecular weight excluding hydrogens is 288 g/mol. The first kappa shape index (κ1) is 13.6. The molecule has 1 amide bonds. The lowest BCUT2D eigenvalue weighted by Gasteiger charge is -2.18. The lowest BCUT2D eigenvalue weighted by atomic mass is 10.0. The Morgan fingerprint density at radius 3 is 2.71 bits per heavy atom. The minimum Gasteiger partial charge on any atom is -0.492 e. The fourth-order valence-electron chi connectivity index (χ4n) is 2.12. The first-order valence-corrected chi connectivity index (χ1v) is 6.96. The molecule has 2 aromatic carbocycles. The topological polar surface area (TPSA) is 50.7 Å². The van der Waals surface area contributed by atoms with Gasteiger partial charge in [-0.15, -0.1) is 0 Å². The van der Waals surface area contributed by atoms with Crippen LogP contribution < -0.4 is 10.2 Å². The van der Waals surface area contributed by atoms with E-state index in [1.54, 1.807) is 24.3 Å². The highest BCUT2D eigenvalue weighted by Gasteiger charge is 2.16. The minimum absolute atomic E-state index is 0.261. The summed E-state index contributed by atoms with van der Waals surface area (Å²) in [5, 5.41) is 4.82. The normalized spacial score (nSPS) is 15.2. The molecule has 0 fully saturated rings. The van der Waals surface area contributed by atoms with Crippen molar-refractivity contribution in [2.45, 2.75) is 6.42 Å². The Morgan fingerprint density at radius 2 is 1.90 bits per heavy atom. The number of carbonyl (C=O) groups is 1. The number of hydrazone groups is 1. The van der Waals surface area contributed by atoms with Crippen LogP contribution in [0.1, 0.15) is 22.3 Å². The lowest BCUT2D eigenvalue weighted by Crippen LogP contribution is -2.23. The molecule has 1 N–H and O–H groups in total. The molecule has 2 aromatic rings. The fraction of sp³-hybridized carbons (Fsp3) is 0.125. The van der Waals surface area contributed by atoms with Crippen LogP contribution in [0.25, 0.3) is 0 Å². The SMILES string of the molecule is O=C(N/N=C1/CCOc2ccccc21)c1ccc(Cl)cc1. The van der Waals surface area contributed by atoms with Crippen LogP contribution in [0.4, 0.5) is 0 Å². The lowest BCUT2D eigenvalue weighted by molar-refractivity contribution is 0.0954. The number of halogens is 1. The number of ether oxygens (including phenoxy) is 1. The number of rotatable bonds is 2. The van der Waals surface area contributed by atoms with E-state index >= 15 is 0 Å². The second-order valence-corrected chi connectivity index (χ2v) is 5.04. The zero-order valence-corrected chi connectivity index (χ0v) is 11.9. The molecule has 0 radical (unpaired) electrons. The highest BCUT2D eigenvalue weighted by atomic mass is 35.5. The summed E-state index contributed by atoms with van der Waals surface area (Å²) in [6, 6.07) is 14.3. The molecule has 0 saturated carbocycles. The molecule has 21 heavy (non-hydrogen) atoms. The smallest absolute Gasteiger partial charge is 0.271 e. The molecule has 0 aromatic heterocycles. The van der Waals surface area contributed by atoms with Crippen molar-refractivity contribution in [3.8, 4) is 5.75 Å². The highest BCUT2D eigenvalue weighted by molar-refractivity contribution is 6.30. The molecule has 0 spiro atoms. The van der Waals surface area contributed by atoms with Crippen molar-refractivity contribution < 1.29 is 9.53 Å². The highest BCUT2D eigenvalue weighted by Crippen LogP contribution is 2.24. The molecule has 1 aliphatic heterocycles. The van der Waals surface area contributed by atoms with Gasteiger partial charge in [-0.2, -0.15) is 5.10 Å². The van der Waals surface area contributed by atoms with E-state index in [1.807, 2.05) is 24.3 Å². The summed E-state index contributed by atoms with van der Waals surface area (Å²) < 4.78 is 5.55. The number of nitrogens with zero attached hydrogens (tertiary/aromatic N) is 1. The van der Waals surface area contributed by atoms with Crippen LogP contribution in [0, 0.1) is 0 Å². The third kappa shape index (κ3) is 3.06. The maximum Gasteiger partial charge on any atom is 0.271 e. The first-order valence-electron chi connectivity index (χ1n) is 6.59. The van der Waals surface area contributed by atoms with Crippen molar-refractivity contribution in [2.75, 3.05) is 6.61 Å². The minimum atomic E-state index is -0.261. The van der Waals surface area contributed by atoms with E-state index in [0.717, 1.165) is 17.0 Å². The summed E-state index contributed by atoms with van der Waals surface area (Å²) in [6.45, 7) is 0.562. The second-order valence-electron chi connectivity index (χ2n) is 4.60. The predicted molar refractivity (Wildman–Crippen MR) is 82.0 cm³/mol. The second kappa shape index (κ2) is 5.97. The Bertz CT molecular complexity index is 696. The van der Waals surface area contributed by atoms with Gasteiger partial charge in [0.05, 0.1) is 12.3 Å². The molecular formula is C16H13ClN2O2. The number of fused-ring (bicyclic) bond motifs is 1. The van der Waals surface area contributed by atoms with Crippen molar-refractivity contribution in [3.63, 3.8) is 0 Å². The molecule has 0 bridgehead atoms. The molecule has 1 aliphatic rings. The summed E-state index contributed by atoms with van der Waals surface area (Å²) in [4.78, 5) is 12.0. The molecule has 1 heterocycles. The third-order valence-electron chi connectivity index (χ3n) is 3.19. The molecule has 0 unspecified atom stereocenters. The van der Waals surface area contributed by atoms with E-state index in [1.165, 1.54) is 0 Å². The standard InChI is InChI=1S/C16H13ClN2O2/c17-12-7-5-11(6-8-12)16(20)19-18-14-9-10-21-15-4-2-1-3-13(14)15/h1-8H,9-10H2,(H,19,20)/b18-14-. The van der Waals surface area contributed by atoms with Crippen LogP contribution in [0.5, 0.6) is 5.75 Å². The van der Waals surface area contributed by atoms with Gasteiger partial charge in [0.25, 0.3) is 5.91 Å². The molecule has 106 valence electrons. The van der Waals surface area contributed by atoms with Gasteiger partial charge in [-0.3, -0.25) is 4.79 Å². The predicted octanol–water partition coefficient (Wildman–Crippen LogP) is 3.26. The molecule has 3 rings (SSSR count). The van der Waals surface area contributed by atoms with E-state index in [9.17, 15) is 4.79 Å². The van der Waals surface area contributed by atoms with E-state index < -0.39 is 0 Å². The van der Waals surface area contributed by atoms with Crippen LogP contribution in [0.15, 0.2) is 53.6 Å². The van der Waals surface area contributed by atoms with Crippen LogP contribution >= 0.6 is 11.6 Å². The summed E-state index contributed by atoms with van der Waals surface area (Å²) in [5.41, 5.74) is 4.83. The van der Waals surface area contributed by atoms with Crippen LogP contribution in [-0.4, -0.2) is 18.2 Å². The molecule has 5 heteroatoms. The zero-order valence-electron chi connectivity index (χ0n) is 11.2. The van der Waals surface area contributed by atoms with Crippen LogP contribution in [0.2, 0.25) is 5.02 Å². The fourth-order valence-corrected chi connectivity index (χ4v) is 2.25. The van der Waals surface area contributed by atoms with E-state index in [0.29, 0.717) is 23.6 Å². The van der Waals surface area contributed by atoms with Crippen LogP contribution in [-0.2, 0) is 0 Å². The molecule has 0 saturated heterocycles. The average molecular weight is 301 g/mol. The van der Waals surface area contributed by atoms with Gasteiger partial charge in [0.15, 0.2) is 0 Å². The number of amides is 1. The van der Waals surface area contributed by atoms with Gasteiger partial charge in [0.2, 0.25) is 0 Å². The summed E-state index contributed by atoms with van der Waals surface area (Å²) >= 11 is 5.80. The van der Waals surface area contributed by atoms with Gasteiger partial charge in [-0.05, 0) is 36.4 Å². The van der Waals surface area contributed by atoms with Crippen LogP contribution in [0.3, 0.4) is 0 Å². The summed E-state index contributed by atoms with van der Waals surface area (Å²) in [5.74, 6) is 0.534. The van der Waals surface area contributed by atoms with Crippen molar-refractivity contribution >= 4 is 23.2 Å². The Labute approximate surface area is 127 Å². The quantitative estimate of drug-likeness (QED) is 0.866.